The molecule has 0 aliphatic heterocycles. The predicted molar refractivity (Wildman–Crippen MR) is 79.0 cm³/mol. The van der Waals surface area contributed by atoms with Crippen molar-refractivity contribution in [3.05, 3.63) is 18.7 Å². The summed E-state index contributed by atoms with van der Waals surface area (Å²) in [5.74, 6) is -0.905. The Hall–Kier alpha value is -2.05. The molecule has 0 fully saturated rings. The Balaban J connectivity index is 2.39. The molecule has 21 heavy (non-hydrogen) atoms. The lowest BCUT2D eigenvalue weighted by molar-refractivity contribution is -0.137. The fraction of sp³-hybridized carbons (Fsp3) is 0.643. The second-order valence-electron chi connectivity index (χ2n) is 5.85. The number of nitrogens with zero attached hydrogens (tertiary/aromatic N) is 3. The van der Waals surface area contributed by atoms with Gasteiger partial charge in [0.25, 0.3) is 0 Å². The van der Waals surface area contributed by atoms with Crippen LogP contribution in [0.2, 0.25) is 0 Å². The molecule has 0 saturated carbocycles. The summed E-state index contributed by atoms with van der Waals surface area (Å²) in [6.45, 7) is 7.19. The highest BCUT2D eigenvalue weighted by molar-refractivity contribution is 5.76. The molecule has 0 spiro atoms. The fourth-order valence-corrected chi connectivity index (χ4v) is 1.92. The lowest BCUT2D eigenvalue weighted by Crippen LogP contribution is -2.51. The first-order chi connectivity index (χ1) is 9.80. The molecular formula is C14H24N4O3. The van der Waals surface area contributed by atoms with Crippen molar-refractivity contribution < 1.29 is 14.7 Å². The Kier molecular flexibility index (Phi) is 6.20. The summed E-state index contributed by atoms with van der Waals surface area (Å²) in [5, 5.41) is 11.6. The molecule has 2 amide bonds. The Morgan fingerprint density at radius 2 is 2.10 bits per heavy atom. The van der Waals surface area contributed by atoms with Gasteiger partial charge in [0, 0.05) is 37.6 Å². The van der Waals surface area contributed by atoms with Crippen LogP contribution in [0.15, 0.2) is 18.7 Å². The van der Waals surface area contributed by atoms with Crippen molar-refractivity contribution in [3.8, 4) is 0 Å². The van der Waals surface area contributed by atoms with Crippen LogP contribution in [0.4, 0.5) is 4.79 Å². The quantitative estimate of drug-likeness (QED) is 0.747. The number of carbonyl (C=O) groups is 2. The molecule has 2 N–H and O–H groups in total. The number of carboxylic acid groups (broad SMARTS) is 1. The zero-order valence-electron chi connectivity index (χ0n) is 12.9. The number of carboxylic acids is 1. The van der Waals surface area contributed by atoms with Crippen LogP contribution in [0.25, 0.3) is 0 Å². The van der Waals surface area contributed by atoms with Crippen LogP contribution in [0.1, 0.15) is 33.6 Å². The number of hydrogen-bond acceptors (Lipinski definition) is 3. The van der Waals surface area contributed by atoms with Crippen LogP contribution >= 0.6 is 0 Å². The summed E-state index contributed by atoms with van der Waals surface area (Å²) in [7, 11) is 0. The highest BCUT2D eigenvalue weighted by Crippen LogP contribution is 2.13. The second-order valence-corrected chi connectivity index (χ2v) is 5.85. The molecule has 0 aliphatic rings. The fourth-order valence-electron chi connectivity index (χ4n) is 1.92. The van der Waals surface area contributed by atoms with E-state index in [1.165, 1.54) is 0 Å². The molecule has 1 aromatic heterocycles. The number of carbonyl (C=O) groups excluding carboxylic acids is 1. The van der Waals surface area contributed by atoms with Gasteiger partial charge in [0.05, 0.1) is 12.7 Å². The molecule has 0 bridgehead atoms. The Labute approximate surface area is 125 Å². The number of amides is 2. The average Bonchev–Trinajstić information content (AvgIpc) is 2.85. The number of aryl methyl sites for hydroxylation is 1. The molecule has 1 aromatic rings. The van der Waals surface area contributed by atoms with Gasteiger partial charge in [0.2, 0.25) is 0 Å². The van der Waals surface area contributed by atoms with E-state index in [1.807, 2.05) is 31.5 Å². The van der Waals surface area contributed by atoms with E-state index in [-0.39, 0.29) is 19.0 Å². The Morgan fingerprint density at radius 1 is 1.38 bits per heavy atom. The van der Waals surface area contributed by atoms with Crippen LogP contribution in [0, 0.1) is 0 Å². The van der Waals surface area contributed by atoms with Crippen LogP contribution in [0.5, 0.6) is 0 Å². The third kappa shape index (κ3) is 6.29. The summed E-state index contributed by atoms with van der Waals surface area (Å²) in [6.07, 6.45) is 6.05. The van der Waals surface area contributed by atoms with Crippen molar-refractivity contribution in [2.45, 2.75) is 45.7 Å². The van der Waals surface area contributed by atoms with E-state index in [1.54, 1.807) is 17.4 Å². The molecule has 1 heterocycles. The van der Waals surface area contributed by atoms with Crippen molar-refractivity contribution >= 4 is 12.0 Å². The van der Waals surface area contributed by atoms with E-state index in [0.29, 0.717) is 6.54 Å². The van der Waals surface area contributed by atoms with E-state index < -0.39 is 11.5 Å². The van der Waals surface area contributed by atoms with E-state index >= 15 is 0 Å². The van der Waals surface area contributed by atoms with Gasteiger partial charge in [-0.1, -0.05) is 0 Å². The summed E-state index contributed by atoms with van der Waals surface area (Å²) in [6, 6.07) is -0.227. The third-order valence-electron chi connectivity index (χ3n) is 3.03. The zero-order valence-corrected chi connectivity index (χ0v) is 12.9. The monoisotopic (exact) mass is 296 g/mol. The molecule has 0 saturated heterocycles. The topological polar surface area (TPSA) is 87.5 Å². The van der Waals surface area contributed by atoms with Gasteiger partial charge in [-0.25, -0.2) is 9.78 Å². The molecule has 0 radical (unpaired) electrons. The van der Waals surface area contributed by atoms with Crippen molar-refractivity contribution in [2.24, 2.45) is 0 Å². The minimum Gasteiger partial charge on any atom is -0.481 e. The van der Waals surface area contributed by atoms with Crippen LogP contribution in [-0.2, 0) is 11.3 Å². The van der Waals surface area contributed by atoms with Gasteiger partial charge in [0.15, 0.2) is 0 Å². The first-order valence-corrected chi connectivity index (χ1v) is 7.03. The summed E-state index contributed by atoms with van der Waals surface area (Å²) >= 11 is 0. The molecule has 0 aromatic carbocycles. The van der Waals surface area contributed by atoms with Gasteiger partial charge in [-0.3, -0.25) is 4.79 Å². The van der Waals surface area contributed by atoms with Crippen molar-refractivity contribution in [1.82, 2.24) is 19.8 Å². The minimum absolute atomic E-state index is 0.0558. The van der Waals surface area contributed by atoms with Gasteiger partial charge in [0.1, 0.15) is 0 Å². The largest absolute Gasteiger partial charge is 0.481 e. The van der Waals surface area contributed by atoms with E-state index in [4.69, 9.17) is 5.11 Å². The number of aliphatic carboxylic acids is 1. The maximum Gasteiger partial charge on any atom is 0.317 e. The second kappa shape index (κ2) is 7.66. The van der Waals surface area contributed by atoms with E-state index in [9.17, 15) is 9.59 Å². The Morgan fingerprint density at radius 3 is 2.62 bits per heavy atom. The Bertz CT molecular complexity index is 451. The molecule has 0 aliphatic carbocycles. The maximum absolute atomic E-state index is 12.2. The van der Waals surface area contributed by atoms with Gasteiger partial charge in [-0.05, 0) is 27.2 Å². The number of aromatic nitrogens is 2. The first kappa shape index (κ1) is 17.0. The number of hydrogen-bond donors (Lipinski definition) is 2. The lowest BCUT2D eigenvalue weighted by Gasteiger charge is -2.35. The maximum atomic E-state index is 12.2. The summed E-state index contributed by atoms with van der Waals surface area (Å²) < 4.78 is 1.94. The summed E-state index contributed by atoms with van der Waals surface area (Å²) in [4.78, 5) is 28.3. The van der Waals surface area contributed by atoms with Crippen LogP contribution < -0.4 is 5.32 Å². The smallest absolute Gasteiger partial charge is 0.317 e. The first-order valence-electron chi connectivity index (χ1n) is 7.03. The zero-order chi connectivity index (χ0) is 15.9. The standard InChI is InChI=1S/C14H24N4O3/c1-14(2,3)18(9-5-12(19)20)13(21)16-6-4-8-17-10-7-15-11-17/h7,10-11H,4-6,8-9H2,1-3H3,(H,16,21)(H,19,20). The van der Waals surface area contributed by atoms with Crippen molar-refractivity contribution in [2.75, 3.05) is 13.1 Å². The molecule has 118 valence electrons. The normalized spacial score (nSPS) is 11.2. The highest BCUT2D eigenvalue weighted by Gasteiger charge is 2.26. The van der Waals surface area contributed by atoms with Gasteiger partial charge in [-0.15, -0.1) is 0 Å². The molecule has 7 heteroatoms. The third-order valence-corrected chi connectivity index (χ3v) is 3.03. The molecule has 7 nitrogen and oxygen atoms in total. The number of rotatable bonds is 7. The predicted octanol–water partition coefficient (Wildman–Crippen LogP) is 1.56. The van der Waals surface area contributed by atoms with Crippen LogP contribution in [0.3, 0.4) is 0 Å². The molecule has 0 unspecified atom stereocenters. The molecular weight excluding hydrogens is 272 g/mol. The van der Waals surface area contributed by atoms with Crippen LogP contribution in [-0.4, -0.2) is 50.2 Å². The van der Waals surface area contributed by atoms with E-state index in [2.05, 4.69) is 10.3 Å². The minimum atomic E-state index is -0.905. The highest BCUT2D eigenvalue weighted by atomic mass is 16.4. The van der Waals surface area contributed by atoms with Gasteiger partial charge in [-0.2, -0.15) is 0 Å². The lowest BCUT2D eigenvalue weighted by atomic mass is 10.1. The van der Waals surface area contributed by atoms with Gasteiger partial charge >= 0.3 is 12.0 Å². The molecule has 0 atom stereocenters. The average molecular weight is 296 g/mol. The number of nitrogens with one attached hydrogen (secondary N) is 1. The molecule has 1 rings (SSSR count). The van der Waals surface area contributed by atoms with Crippen molar-refractivity contribution in [1.29, 1.82) is 0 Å². The van der Waals surface area contributed by atoms with Crippen molar-refractivity contribution in [3.63, 3.8) is 0 Å². The van der Waals surface area contributed by atoms with E-state index in [0.717, 1.165) is 13.0 Å². The van der Waals surface area contributed by atoms with Gasteiger partial charge < -0.3 is 19.9 Å². The SMILES string of the molecule is CC(C)(C)N(CCC(=O)O)C(=O)NCCCn1ccnc1. The number of imidazole rings is 1. The number of urea groups is 1. The summed E-state index contributed by atoms with van der Waals surface area (Å²) in [5.41, 5.74) is -0.413.